The number of nitrogens with zero attached hydrogens (tertiary/aromatic N) is 3. The summed E-state index contributed by atoms with van der Waals surface area (Å²) in [5.74, 6) is 2.41. The van der Waals surface area contributed by atoms with Crippen LogP contribution in [-0.4, -0.2) is 27.7 Å². The van der Waals surface area contributed by atoms with Crippen LogP contribution in [0.5, 0.6) is 5.75 Å². The highest BCUT2D eigenvalue weighted by Crippen LogP contribution is 2.36. The fourth-order valence-electron chi connectivity index (χ4n) is 2.99. The van der Waals surface area contributed by atoms with Gasteiger partial charge in [0.1, 0.15) is 11.6 Å². The molecule has 1 amide bonds. The van der Waals surface area contributed by atoms with Crippen molar-refractivity contribution in [2.45, 2.75) is 11.5 Å². The van der Waals surface area contributed by atoms with Gasteiger partial charge in [-0.3, -0.25) is 14.9 Å². The van der Waals surface area contributed by atoms with Gasteiger partial charge < -0.3 is 10.1 Å². The second kappa shape index (κ2) is 7.35. The van der Waals surface area contributed by atoms with E-state index in [4.69, 9.17) is 4.74 Å². The van der Waals surface area contributed by atoms with Gasteiger partial charge in [-0.25, -0.2) is 4.68 Å². The molecule has 0 atom stereocenters. The molecule has 0 bridgehead atoms. The molecule has 1 N–H and O–H groups in total. The van der Waals surface area contributed by atoms with Gasteiger partial charge in [-0.15, -0.1) is 0 Å². The van der Waals surface area contributed by atoms with E-state index in [2.05, 4.69) is 10.4 Å². The smallest absolute Gasteiger partial charge is 0.270 e. The average molecular weight is 396 g/mol. The maximum atomic E-state index is 12.8. The van der Waals surface area contributed by atoms with Crippen molar-refractivity contribution >= 4 is 29.2 Å². The van der Waals surface area contributed by atoms with Gasteiger partial charge in [-0.2, -0.15) is 16.9 Å². The number of carbonyl (C=O) groups is 1. The fourth-order valence-corrected chi connectivity index (χ4v) is 4.03. The third-order valence-electron chi connectivity index (χ3n) is 4.42. The molecule has 0 saturated heterocycles. The molecular weight excluding hydrogens is 380 g/mol. The van der Waals surface area contributed by atoms with E-state index in [-0.39, 0.29) is 11.3 Å². The summed E-state index contributed by atoms with van der Waals surface area (Å²) in [6.45, 7) is 0. The number of aromatic nitrogens is 2. The first-order valence-electron chi connectivity index (χ1n) is 8.45. The minimum absolute atomic E-state index is 0.128. The van der Waals surface area contributed by atoms with Gasteiger partial charge >= 0.3 is 0 Å². The third-order valence-corrected chi connectivity index (χ3v) is 5.39. The number of nitro benzene ring substituents is 1. The van der Waals surface area contributed by atoms with Crippen molar-refractivity contribution in [1.82, 2.24) is 9.78 Å². The predicted octanol–water partition coefficient (Wildman–Crippen LogP) is 3.79. The Morgan fingerprint density at radius 3 is 2.75 bits per heavy atom. The lowest BCUT2D eigenvalue weighted by Gasteiger charge is -2.11. The largest absolute Gasteiger partial charge is 0.497 e. The number of carbonyl (C=O) groups excluding carboxylic acids is 1. The lowest BCUT2D eigenvalue weighted by atomic mass is 10.2. The quantitative estimate of drug-likeness (QED) is 0.520. The summed E-state index contributed by atoms with van der Waals surface area (Å²) in [6, 6.07) is 13.0. The molecule has 8 nitrogen and oxygen atoms in total. The molecule has 1 aliphatic rings. The van der Waals surface area contributed by atoms with Gasteiger partial charge in [0.15, 0.2) is 0 Å². The van der Waals surface area contributed by atoms with Crippen LogP contribution in [-0.2, 0) is 11.5 Å². The Hall–Kier alpha value is -3.33. The Bertz CT molecular complexity index is 1060. The van der Waals surface area contributed by atoms with E-state index in [1.54, 1.807) is 29.6 Å². The van der Waals surface area contributed by atoms with Crippen molar-refractivity contribution in [2.24, 2.45) is 0 Å². The van der Waals surface area contributed by atoms with Crippen molar-refractivity contribution in [3.05, 3.63) is 75.5 Å². The van der Waals surface area contributed by atoms with Crippen LogP contribution in [0, 0.1) is 10.1 Å². The zero-order valence-electron chi connectivity index (χ0n) is 14.9. The number of thioether (sulfide) groups is 1. The number of non-ortho nitro benzene ring substituents is 1. The predicted molar refractivity (Wildman–Crippen MR) is 106 cm³/mol. The first-order valence-corrected chi connectivity index (χ1v) is 9.61. The van der Waals surface area contributed by atoms with Gasteiger partial charge in [0, 0.05) is 34.8 Å². The van der Waals surface area contributed by atoms with Crippen LogP contribution >= 0.6 is 11.8 Å². The Balaban J connectivity index is 1.70. The molecule has 0 spiro atoms. The first kappa shape index (κ1) is 18.1. The van der Waals surface area contributed by atoms with E-state index in [0.29, 0.717) is 5.82 Å². The van der Waals surface area contributed by atoms with Gasteiger partial charge in [0.2, 0.25) is 0 Å². The number of hydrogen-bond donors (Lipinski definition) is 1. The molecule has 0 aliphatic carbocycles. The van der Waals surface area contributed by atoms with Gasteiger partial charge in [-0.05, 0) is 30.3 Å². The lowest BCUT2D eigenvalue weighted by Crippen LogP contribution is -2.16. The van der Waals surface area contributed by atoms with E-state index in [1.165, 1.54) is 18.2 Å². The number of anilines is 1. The molecule has 28 heavy (non-hydrogen) atoms. The minimum atomic E-state index is -0.521. The zero-order valence-corrected chi connectivity index (χ0v) is 15.7. The van der Waals surface area contributed by atoms with E-state index < -0.39 is 10.8 Å². The summed E-state index contributed by atoms with van der Waals surface area (Å²) in [6.07, 6.45) is 0. The number of hydrogen-bond acceptors (Lipinski definition) is 6. The van der Waals surface area contributed by atoms with Gasteiger partial charge in [0.25, 0.3) is 11.6 Å². The molecule has 2 heterocycles. The Kier molecular flexibility index (Phi) is 4.74. The summed E-state index contributed by atoms with van der Waals surface area (Å²) in [5, 5.41) is 18.5. The molecule has 9 heteroatoms. The molecule has 1 aliphatic heterocycles. The molecule has 0 radical (unpaired) electrons. The van der Waals surface area contributed by atoms with Crippen LogP contribution in [0.15, 0.2) is 48.5 Å². The Labute approximate surface area is 164 Å². The molecule has 1 aromatic heterocycles. The van der Waals surface area contributed by atoms with Crippen LogP contribution in [0.1, 0.15) is 21.6 Å². The van der Waals surface area contributed by atoms with Crippen molar-refractivity contribution in [3.8, 4) is 11.4 Å². The van der Waals surface area contributed by atoms with Crippen LogP contribution in [0.4, 0.5) is 11.5 Å². The topological polar surface area (TPSA) is 99.3 Å². The standard InChI is InChI=1S/C19H16N4O4S/c1-27-15-7-5-13(6-8-15)22-18(16-10-28-11-17(16)21-22)20-19(24)12-3-2-4-14(9-12)23(25)26/h2-9H,10-11H2,1H3,(H,20,24). The summed E-state index contributed by atoms with van der Waals surface area (Å²) in [4.78, 5) is 23.2. The Morgan fingerprint density at radius 2 is 2.04 bits per heavy atom. The highest BCUT2D eigenvalue weighted by molar-refractivity contribution is 7.98. The molecule has 0 fully saturated rings. The number of ether oxygens (including phenoxy) is 1. The second-order valence-corrected chi connectivity index (χ2v) is 7.12. The zero-order chi connectivity index (χ0) is 19.7. The van der Waals surface area contributed by atoms with Gasteiger partial charge in [-0.1, -0.05) is 6.07 Å². The normalized spacial score (nSPS) is 12.5. The Morgan fingerprint density at radius 1 is 1.25 bits per heavy atom. The van der Waals surface area contributed by atoms with Crippen LogP contribution in [0.3, 0.4) is 0 Å². The lowest BCUT2D eigenvalue weighted by molar-refractivity contribution is -0.384. The van der Waals surface area contributed by atoms with E-state index in [9.17, 15) is 14.9 Å². The van der Waals surface area contributed by atoms with Gasteiger partial charge in [0.05, 0.1) is 23.4 Å². The highest BCUT2D eigenvalue weighted by Gasteiger charge is 2.25. The fraction of sp³-hybridized carbons (Fsp3) is 0.158. The summed E-state index contributed by atoms with van der Waals surface area (Å²) >= 11 is 1.73. The van der Waals surface area contributed by atoms with E-state index >= 15 is 0 Å². The second-order valence-electron chi connectivity index (χ2n) is 6.14. The molecule has 3 aromatic rings. The summed E-state index contributed by atoms with van der Waals surface area (Å²) in [5.41, 5.74) is 2.78. The number of methoxy groups -OCH3 is 1. The van der Waals surface area contributed by atoms with Crippen molar-refractivity contribution in [3.63, 3.8) is 0 Å². The number of rotatable bonds is 5. The van der Waals surface area contributed by atoms with Crippen molar-refractivity contribution in [1.29, 1.82) is 0 Å². The number of nitrogens with one attached hydrogen (secondary N) is 1. The maximum absolute atomic E-state index is 12.8. The number of amides is 1. The average Bonchev–Trinajstić information content (AvgIpc) is 3.31. The first-order chi connectivity index (χ1) is 13.6. The number of nitro groups is 1. The highest BCUT2D eigenvalue weighted by atomic mass is 32.2. The summed E-state index contributed by atoms with van der Waals surface area (Å²) in [7, 11) is 1.60. The van der Waals surface area contributed by atoms with Crippen LogP contribution in [0.25, 0.3) is 5.69 Å². The maximum Gasteiger partial charge on any atom is 0.270 e. The third kappa shape index (κ3) is 3.31. The van der Waals surface area contributed by atoms with E-state index in [0.717, 1.165) is 34.2 Å². The molecule has 0 unspecified atom stereocenters. The number of fused-ring (bicyclic) bond motifs is 1. The van der Waals surface area contributed by atoms with E-state index in [1.807, 2.05) is 24.3 Å². The van der Waals surface area contributed by atoms with Crippen molar-refractivity contribution < 1.29 is 14.5 Å². The molecule has 142 valence electrons. The van der Waals surface area contributed by atoms with Crippen molar-refractivity contribution in [2.75, 3.05) is 12.4 Å². The molecule has 0 saturated carbocycles. The van der Waals surface area contributed by atoms with Crippen LogP contribution < -0.4 is 10.1 Å². The van der Waals surface area contributed by atoms with Crippen LogP contribution in [0.2, 0.25) is 0 Å². The SMILES string of the molecule is COc1ccc(-n2nc3c(c2NC(=O)c2cccc([N+](=O)[O-])c2)CSC3)cc1. The summed E-state index contributed by atoms with van der Waals surface area (Å²) < 4.78 is 6.89. The molecule has 2 aromatic carbocycles. The minimum Gasteiger partial charge on any atom is -0.497 e. The molecule has 4 rings (SSSR count). The number of benzene rings is 2. The molecular formula is C19H16N4O4S. The monoisotopic (exact) mass is 396 g/mol.